The Morgan fingerprint density at radius 1 is 1.39 bits per heavy atom. The molecule has 2 N–H and O–H groups in total. The summed E-state index contributed by atoms with van der Waals surface area (Å²) >= 11 is 1.58. The first kappa shape index (κ1) is 13.2. The van der Waals surface area contributed by atoms with Gasteiger partial charge in [0.05, 0.1) is 5.39 Å². The highest BCUT2D eigenvalue weighted by Crippen LogP contribution is 2.22. The molecule has 2 aromatic heterocycles. The minimum atomic E-state index is 0.441. The van der Waals surface area contributed by atoms with Crippen molar-refractivity contribution in [3.8, 4) is 0 Å². The maximum atomic E-state index is 5.87. The third-order valence-electron chi connectivity index (χ3n) is 2.70. The third kappa shape index (κ3) is 3.40. The van der Waals surface area contributed by atoms with Crippen molar-refractivity contribution in [2.75, 3.05) is 12.3 Å². The molecule has 0 bridgehead atoms. The van der Waals surface area contributed by atoms with Crippen LogP contribution in [0.2, 0.25) is 0 Å². The summed E-state index contributed by atoms with van der Waals surface area (Å²) in [4.78, 5) is 9.62. The smallest absolute Gasteiger partial charge is 0.158 e. The minimum absolute atomic E-state index is 0.441. The monoisotopic (exact) mass is 265 g/mol. The number of nitrogens with zero attached hydrogens (tertiary/aromatic N) is 2. The lowest BCUT2D eigenvalue weighted by Crippen LogP contribution is -2.03. The molecule has 4 nitrogen and oxygen atoms in total. The van der Waals surface area contributed by atoms with Crippen LogP contribution in [0.3, 0.4) is 0 Å². The molecule has 0 saturated carbocycles. The number of hydrogen-bond acceptors (Lipinski definition) is 5. The number of anilines is 1. The molecule has 2 heterocycles. The van der Waals surface area contributed by atoms with Crippen molar-refractivity contribution in [2.45, 2.75) is 33.3 Å². The van der Waals surface area contributed by atoms with Gasteiger partial charge in [0.1, 0.15) is 17.3 Å². The van der Waals surface area contributed by atoms with Gasteiger partial charge in [-0.15, -0.1) is 11.3 Å². The number of thiophene rings is 1. The van der Waals surface area contributed by atoms with E-state index in [1.807, 2.05) is 11.4 Å². The fourth-order valence-corrected chi connectivity index (χ4v) is 2.54. The predicted molar refractivity (Wildman–Crippen MR) is 75.6 cm³/mol. The standard InChI is InChI=1S/C13H19N3OS/c1-9(2)4-3-6-17-8-11-15-12(14)10-5-7-18-13(10)16-11/h5,7,9H,3-4,6,8H2,1-2H3,(H2,14,15,16). The van der Waals surface area contributed by atoms with E-state index in [4.69, 9.17) is 10.5 Å². The maximum absolute atomic E-state index is 5.87. The lowest BCUT2D eigenvalue weighted by molar-refractivity contribution is 0.110. The molecule has 0 aromatic carbocycles. The first-order chi connectivity index (χ1) is 8.66. The summed E-state index contributed by atoms with van der Waals surface area (Å²) in [7, 11) is 0. The molecule has 0 fully saturated rings. The van der Waals surface area contributed by atoms with Crippen molar-refractivity contribution in [1.29, 1.82) is 0 Å². The number of nitrogens with two attached hydrogens (primary N) is 1. The molecule has 0 radical (unpaired) electrons. The van der Waals surface area contributed by atoms with Crippen LogP contribution in [0.15, 0.2) is 11.4 Å². The molecule has 98 valence electrons. The average Bonchev–Trinajstić information content (AvgIpc) is 2.77. The molecule has 18 heavy (non-hydrogen) atoms. The normalized spacial score (nSPS) is 11.5. The zero-order chi connectivity index (χ0) is 13.0. The van der Waals surface area contributed by atoms with Crippen molar-refractivity contribution in [3.05, 3.63) is 17.3 Å². The van der Waals surface area contributed by atoms with E-state index >= 15 is 0 Å². The summed E-state index contributed by atoms with van der Waals surface area (Å²) in [5.41, 5.74) is 5.87. The van der Waals surface area contributed by atoms with Crippen LogP contribution in [0.4, 0.5) is 5.82 Å². The highest BCUT2D eigenvalue weighted by Gasteiger charge is 2.06. The number of ether oxygens (including phenoxy) is 1. The van der Waals surface area contributed by atoms with Gasteiger partial charge in [-0.25, -0.2) is 9.97 Å². The zero-order valence-corrected chi connectivity index (χ0v) is 11.7. The Balaban J connectivity index is 1.88. The number of hydrogen-bond donors (Lipinski definition) is 1. The van der Waals surface area contributed by atoms with Gasteiger partial charge in [0.2, 0.25) is 0 Å². The lowest BCUT2D eigenvalue weighted by atomic mass is 10.1. The molecule has 2 rings (SSSR count). The SMILES string of the molecule is CC(C)CCCOCc1nc(N)c2ccsc2n1. The second-order valence-electron chi connectivity index (χ2n) is 4.75. The van der Waals surface area contributed by atoms with Gasteiger partial charge in [-0.3, -0.25) is 0 Å². The molecule has 0 unspecified atom stereocenters. The fraction of sp³-hybridized carbons (Fsp3) is 0.538. The Morgan fingerprint density at radius 3 is 3.00 bits per heavy atom. The summed E-state index contributed by atoms with van der Waals surface area (Å²) in [5, 5.41) is 2.91. The van der Waals surface area contributed by atoms with E-state index < -0.39 is 0 Å². The van der Waals surface area contributed by atoms with E-state index in [1.165, 1.54) is 6.42 Å². The van der Waals surface area contributed by atoms with Gasteiger partial charge in [0.15, 0.2) is 5.82 Å². The van der Waals surface area contributed by atoms with E-state index in [2.05, 4.69) is 23.8 Å². The molecule has 0 atom stereocenters. The number of nitrogen functional groups attached to an aromatic ring is 1. The van der Waals surface area contributed by atoms with Crippen LogP contribution in [0.1, 0.15) is 32.5 Å². The van der Waals surface area contributed by atoms with E-state index in [0.29, 0.717) is 18.2 Å². The summed E-state index contributed by atoms with van der Waals surface area (Å²) in [6.07, 6.45) is 2.27. The third-order valence-corrected chi connectivity index (χ3v) is 3.51. The Bertz CT molecular complexity index is 510. The molecule has 0 aliphatic rings. The highest BCUT2D eigenvalue weighted by atomic mass is 32.1. The van der Waals surface area contributed by atoms with Crippen LogP contribution in [0, 0.1) is 5.92 Å². The van der Waals surface area contributed by atoms with Gasteiger partial charge in [0, 0.05) is 6.61 Å². The second-order valence-corrected chi connectivity index (χ2v) is 5.65. The lowest BCUT2D eigenvalue weighted by Gasteiger charge is -2.06. The van der Waals surface area contributed by atoms with Crippen molar-refractivity contribution >= 4 is 27.4 Å². The molecule has 0 amide bonds. The Labute approximate surface area is 111 Å². The molecule has 0 spiro atoms. The number of aromatic nitrogens is 2. The quantitative estimate of drug-likeness (QED) is 0.815. The summed E-state index contributed by atoms with van der Waals surface area (Å²) in [5.74, 6) is 1.94. The average molecular weight is 265 g/mol. The first-order valence-electron chi connectivity index (χ1n) is 6.24. The summed E-state index contributed by atoms with van der Waals surface area (Å²) < 4.78 is 5.57. The van der Waals surface area contributed by atoms with Crippen molar-refractivity contribution < 1.29 is 4.74 Å². The van der Waals surface area contributed by atoms with E-state index in [0.717, 1.165) is 29.2 Å². The summed E-state index contributed by atoms with van der Waals surface area (Å²) in [6, 6.07) is 1.95. The second kappa shape index (κ2) is 6.11. The van der Waals surface area contributed by atoms with E-state index in [9.17, 15) is 0 Å². The van der Waals surface area contributed by atoms with Crippen LogP contribution in [-0.4, -0.2) is 16.6 Å². The molecular weight excluding hydrogens is 246 g/mol. The maximum Gasteiger partial charge on any atom is 0.158 e. The van der Waals surface area contributed by atoms with E-state index in [-0.39, 0.29) is 0 Å². The van der Waals surface area contributed by atoms with Crippen LogP contribution in [0.5, 0.6) is 0 Å². The van der Waals surface area contributed by atoms with Gasteiger partial charge < -0.3 is 10.5 Å². The van der Waals surface area contributed by atoms with E-state index in [1.54, 1.807) is 11.3 Å². The fourth-order valence-electron chi connectivity index (χ4n) is 1.75. The summed E-state index contributed by atoms with van der Waals surface area (Å²) in [6.45, 7) is 5.63. The van der Waals surface area contributed by atoms with Gasteiger partial charge in [-0.05, 0) is 30.2 Å². The zero-order valence-electron chi connectivity index (χ0n) is 10.8. The molecule has 0 aliphatic heterocycles. The van der Waals surface area contributed by atoms with Crippen LogP contribution >= 0.6 is 11.3 Å². The molecule has 2 aromatic rings. The van der Waals surface area contributed by atoms with Gasteiger partial charge in [-0.2, -0.15) is 0 Å². The van der Waals surface area contributed by atoms with Crippen LogP contribution in [0.25, 0.3) is 10.2 Å². The first-order valence-corrected chi connectivity index (χ1v) is 7.12. The van der Waals surface area contributed by atoms with Crippen molar-refractivity contribution in [3.63, 3.8) is 0 Å². The molecule has 0 aliphatic carbocycles. The van der Waals surface area contributed by atoms with Crippen LogP contribution in [-0.2, 0) is 11.3 Å². The number of fused-ring (bicyclic) bond motifs is 1. The Hall–Kier alpha value is -1.20. The van der Waals surface area contributed by atoms with Gasteiger partial charge in [-0.1, -0.05) is 13.8 Å². The largest absolute Gasteiger partial charge is 0.383 e. The van der Waals surface area contributed by atoms with Crippen molar-refractivity contribution in [2.24, 2.45) is 5.92 Å². The van der Waals surface area contributed by atoms with Crippen molar-refractivity contribution in [1.82, 2.24) is 9.97 Å². The minimum Gasteiger partial charge on any atom is -0.383 e. The predicted octanol–water partition coefficient (Wildman–Crippen LogP) is 3.23. The Morgan fingerprint density at radius 2 is 2.22 bits per heavy atom. The van der Waals surface area contributed by atoms with Crippen LogP contribution < -0.4 is 5.73 Å². The van der Waals surface area contributed by atoms with Gasteiger partial charge >= 0.3 is 0 Å². The topological polar surface area (TPSA) is 61.0 Å². The number of rotatable bonds is 6. The Kier molecular flexibility index (Phi) is 4.49. The highest BCUT2D eigenvalue weighted by molar-refractivity contribution is 7.16. The molecule has 5 heteroatoms. The van der Waals surface area contributed by atoms with Gasteiger partial charge in [0.25, 0.3) is 0 Å². The molecule has 0 saturated heterocycles. The molecular formula is C13H19N3OS.